The van der Waals surface area contributed by atoms with Crippen LogP contribution in [0.5, 0.6) is 0 Å². The van der Waals surface area contributed by atoms with Crippen LogP contribution in [0.25, 0.3) is 22.0 Å². The Labute approximate surface area is 309 Å². The van der Waals surface area contributed by atoms with E-state index in [1.165, 1.54) is 41.9 Å². The molecule has 0 amide bonds. The minimum absolute atomic E-state index is 0.0286. The summed E-state index contributed by atoms with van der Waals surface area (Å²) < 4.78 is 37.3. The molecule has 1 aliphatic rings. The molecule has 0 saturated heterocycles. The van der Waals surface area contributed by atoms with E-state index < -0.39 is 21.2 Å². The number of hydrogen-bond acceptors (Lipinski definition) is 14. The van der Waals surface area contributed by atoms with Crippen molar-refractivity contribution in [1.29, 1.82) is 0 Å². The van der Waals surface area contributed by atoms with E-state index >= 15 is 0 Å². The van der Waals surface area contributed by atoms with Gasteiger partial charge in [0, 0.05) is 34.0 Å². The van der Waals surface area contributed by atoms with Crippen LogP contribution in [-0.4, -0.2) is 35.1 Å². The van der Waals surface area contributed by atoms with Crippen molar-refractivity contribution in [2.75, 3.05) is 5.32 Å². The van der Waals surface area contributed by atoms with Crippen LogP contribution in [0.1, 0.15) is 37.4 Å². The molecule has 0 spiro atoms. The number of sulfone groups is 1. The van der Waals surface area contributed by atoms with Gasteiger partial charge in [0.1, 0.15) is 0 Å². The fourth-order valence-electron chi connectivity index (χ4n) is 6.32. The molecule has 3 N–H and O–H groups in total. The summed E-state index contributed by atoms with van der Waals surface area (Å²) in [4.78, 5) is 43.3. The summed E-state index contributed by atoms with van der Waals surface area (Å²) in [6, 6.07) is 29.0. The average Bonchev–Trinajstić information content (AvgIpc) is 3.17. The van der Waals surface area contributed by atoms with Crippen molar-refractivity contribution >= 4 is 67.8 Å². The molecule has 6 aromatic rings. The highest BCUT2D eigenvalue weighted by Crippen LogP contribution is 2.45. The van der Waals surface area contributed by atoms with Gasteiger partial charge in [-0.1, -0.05) is 76.8 Å². The van der Waals surface area contributed by atoms with E-state index in [0.717, 1.165) is 0 Å². The number of aromatic nitrogens is 1. The molecule has 5 aromatic carbocycles. The lowest BCUT2D eigenvalue weighted by molar-refractivity contribution is -0.432. The van der Waals surface area contributed by atoms with E-state index in [1.54, 1.807) is 78.9 Å². The summed E-state index contributed by atoms with van der Waals surface area (Å²) in [6.07, 6.45) is 0. The number of fused-ring (bicyclic) bond motifs is 2. The Bertz CT molecular complexity index is 2590. The highest BCUT2D eigenvalue weighted by atomic mass is 32.2. The second-order valence-electron chi connectivity index (χ2n) is 11.7. The number of nitrogens with one attached hydrogen (secondary N) is 1. The number of aryl methyl sites for hydroxylation is 1. The molecule has 13 nitrogen and oxygen atoms in total. The van der Waals surface area contributed by atoms with Gasteiger partial charge in [-0.25, -0.2) is 18.9 Å². The Kier molecular flexibility index (Phi) is 10.3. The van der Waals surface area contributed by atoms with Gasteiger partial charge in [0.15, 0.2) is 21.4 Å². The second kappa shape index (κ2) is 15.1. The smallest absolute Gasteiger partial charge is 0.262 e. The third kappa shape index (κ3) is 6.91. The van der Waals surface area contributed by atoms with Gasteiger partial charge in [0.25, 0.3) is 5.56 Å². The number of benzene rings is 5. The van der Waals surface area contributed by atoms with Crippen LogP contribution in [-0.2, 0) is 41.4 Å². The minimum Gasteiger partial charge on any atom is -0.354 e. The van der Waals surface area contributed by atoms with E-state index in [-0.39, 0.29) is 54.8 Å². The van der Waals surface area contributed by atoms with Crippen molar-refractivity contribution in [2.45, 2.75) is 20.4 Å². The summed E-state index contributed by atoms with van der Waals surface area (Å²) in [7, 11) is -2.32. The number of anilines is 2. The Morgan fingerprint density at radius 1 is 0.774 bits per heavy atom. The molecule has 16 heteroatoms. The zero-order valence-electron chi connectivity index (χ0n) is 27.3. The molecule has 53 heavy (non-hydrogen) atoms. The van der Waals surface area contributed by atoms with Crippen LogP contribution in [0, 0.1) is 0 Å². The first kappa shape index (κ1) is 36.2. The first-order valence-corrected chi connectivity index (χ1v) is 18.7. The molecule has 0 bridgehead atoms. The van der Waals surface area contributed by atoms with E-state index in [2.05, 4.69) is 19.7 Å². The zero-order valence-corrected chi connectivity index (χ0v) is 29.8. The molecule has 0 atom stereocenters. The van der Waals surface area contributed by atoms with E-state index in [4.69, 9.17) is 14.8 Å². The minimum atomic E-state index is -3.83. The molecule has 1 aliphatic carbocycles. The highest BCUT2D eigenvalue weighted by Gasteiger charge is 2.34. The number of carbonyl (C=O) groups is 2. The third-order valence-corrected chi connectivity index (χ3v) is 11.6. The summed E-state index contributed by atoms with van der Waals surface area (Å²) >= 11 is 1.19. The molecule has 0 saturated carbocycles. The van der Waals surface area contributed by atoms with E-state index in [1.807, 2.05) is 0 Å². The fraction of sp³-hybridized carbons (Fsp3) is 0.0541. The molecule has 0 fully saturated rings. The van der Waals surface area contributed by atoms with Gasteiger partial charge in [-0.15, -0.1) is 8.67 Å². The molecule has 1 heterocycles. The van der Waals surface area contributed by atoms with Crippen molar-refractivity contribution in [1.82, 2.24) is 4.57 Å². The molecule has 1 aromatic heterocycles. The van der Waals surface area contributed by atoms with Crippen LogP contribution in [0.15, 0.2) is 129 Å². The van der Waals surface area contributed by atoms with Crippen LogP contribution in [0.4, 0.5) is 11.4 Å². The van der Waals surface area contributed by atoms with Gasteiger partial charge in [-0.3, -0.25) is 14.4 Å². The monoisotopic (exact) mass is 770 g/mol. The summed E-state index contributed by atoms with van der Waals surface area (Å²) in [6.45, 7) is 0. The number of hydrogen-bond donors (Lipinski definition) is 3. The quantitative estimate of drug-likeness (QED) is 0.0453. The van der Waals surface area contributed by atoms with Gasteiger partial charge < -0.3 is 9.88 Å². The van der Waals surface area contributed by atoms with Crippen LogP contribution < -0.4 is 10.9 Å². The van der Waals surface area contributed by atoms with E-state index in [0.29, 0.717) is 56.7 Å². The maximum absolute atomic E-state index is 14.4. The largest absolute Gasteiger partial charge is 0.354 e. The molecule has 268 valence electrons. The molecule has 0 radical (unpaired) electrons. The van der Waals surface area contributed by atoms with Crippen molar-refractivity contribution in [3.63, 3.8) is 0 Å². The SMILES string of the molecule is Cn1c(=O)c(C(=O)c2cccc(SOOO)c2)c2c3c(c(Nc4ccc(S(=O)(=O)Cc5ccccc5)cc4SOOO)ccc31)C(=O)c1ccccc1-2. The van der Waals surface area contributed by atoms with Crippen LogP contribution in [0.2, 0.25) is 0 Å². The Morgan fingerprint density at radius 2 is 1.47 bits per heavy atom. The number of ketones is 2. The van der Waals surface area contributed by atoms with E-state index in [9.17, 15) is 22.8 Å². The molecule has 7 rings (SSSR count). The van der Waals surface area contributed by atoms with Crippen molar-refractivity contribution < 1.29 is 47.3 Å². The van der Waals surface area contributed by atoms with Gasteiger partial charge >= 0.3 is 0 Å². The van der Waals surface area contributed by atoms with Crippen molar-refractivity contribution in [3.8, 4) is 11.1 Å². The first-order valence-electron chi connectivity index (χ1n) is 15.6. The molecule has 0 unspecified atom stereocenters. The lowest BCUT2D eigenvalue weighted by atomic mass is 9.80. The molecular formula is C37H26N2O11S3. The maximum atomic E-state index is 14.4. The topological polar surface area (TPSA) is 180 Å². The number of pyridine rings is 1. The standard InChI is InChI=1S/C37H26N2O11S3/c1-39-29-17-16-28(38-27-15-14-24(19-30(27)52-50-48-44)53(45,46)20-21-8-3-2-4-9-21)32-33(29)31(25-12-5-6-13-26(25)36(32)41)34(37(39)42)35(40)22-10-7-11-23(18-22)51-49-47-43/h2-19,38,43-44H,20H2,1H3. The molecular weight excluding hydrogens is 745 g/mol. The maximum Gasteiger partial charge on any atom is 0.262 e. The van der Waals surface area contributed by atoms with Gasteiger partial charge in [-0.2, -0.15) is 0 Å². The predicted octanol–water partition coefficient (Wildman–Crippen LogP) is 7.56. The first-order chi connectivity index (χ1) is 25.6. The lowest BCUT2D eigenvalue weighted by Crippen LogP contribution is -2.29. The number of nitrogens with zero attached hydrogens (tertiary/aromatic N) is 1. The normalized spacial score (nSPS) is 12.2. The Morgan fingerprint density at radius 3 is 2.23 bits per heavy atom. The Hall–Kier alpha value is -5.14. The Balaban J connectivity index is 1.39. The van der Waals surface area contributed by atoms with Gasteiger partial charge in [0.05, 0.1) is 67.6 Å². The average molecular weight is 771 g/mol. The number of carbonyl (C=O) groups excluding carboxylic acids is 2. The highest BCUT2D eigenvalue weighted by molar-refractivity contribution is 7.95. The molecule has 0 aliphatic heterocycles. The van der Waals surface area contributed by atoms with Gasteiger partial charge in [0.2, 0.25) is 0 Å². The predicted molar refractivity (Wildman–Crippen MR) is 196 cm³/mol. The summed E-state index contributed by atoms with van der Waals surface area (Å²) in [5.74, 6) is -1.26. The van der Waals surface area contributed by atoms with Crippen molar-refractivity contribution in [2.24, 2.45) is 7.05 Å². The summed E-state index contributed by atoms with van der Waals surface area (Å²) in [5, 5.41) is 28.6. The van der Waals surface area contributed by atoms with Crippen LogP contribution >= 0.6 is 24.1 Å². The second-order valence-corrected chi connectivity index (χ2v) is 15.2. The lowest BCUT2D eigenvalue weighted by Gasteiger charge is -2.26. The third-order valence-electron chi connectivity index (χ3n) is 8.65. The zero-order chi connectivity index (χ0) is 37.3. The van der Waals surface area contributed by atoms with Gasteiger partial charge in [-0.05, 0) is 53.6 Å². The summed E-state index contributed by atoms with van der Waals surface area (Å²) in [5.41, 5.74) is 2.01. The fourth-order valence-corrected chi connectivity index (χ4v) is 8.67. The van der Waals surface area contributed by atoms with Crippen molar-refractivity contribution in [3.05, 3.63) is 147 Å². The number of rotatable bonds is 13. The van der Waals surface area contributed by atoms with Crippen LogP contribution in [0.3, 0.4) is 0 Å².